The lowest BCUT2D eigenvalue weighted by Gasteiger charge is -2.21. The zero-order chi connectivity index (χ0) is 13.9. The molecule has 0 atom stereocenters. The van der Waals surface area contributed by atoms with Crippen molar-refractivity contribution in [3.8, 4) is 23.0 Å². The molecule has 3 rings (SSSR count). The van der Waals surface area contributed by atoms with Crippen LogP contribution in [0.2, 0.25) is 0 Å². The molecule has 0 aliphatic carbocycles. The predicted molar refractivity (Wildman–Crippen MR) is 78.1 cm³/mol. The van der Waals surface area contributed by atoms with Gasteiger partial charge in [0.2, 0.25) is 0 Å². The minimum absolute atomic E-state index is 0.657. The molecule has 2 aromatic rings. The lowest BCUT2D eigenvalue weighted by atomic mass is 10.00. The van der Waals surface area contributed by atoms with Gasteiger partial charge in [0.05, 0.1) is 13.2 Å². The van der Waals surface area contributed by atoms with E-state index >= 15 is 0 Å². The Morgan fingerprint density at radius 3 is 1.80 bits per heavy atom. The Kier molecular flexibility index (Phi) is 3.50. The Balaban J connectivity index is 1.90. The molecule has 0 saturated heterocycles. The summed E-state index contributed by atoms with van der Waals surface area (Å²) < 4.78 is 17.0. The van der Waals surface area contributed by atoms with Gasteiger partial charge in [-0.3, -0.25) is 0 Å². The Morgan fingerprint density at radius 1 is 0.850 bits per heavy atom. The largest absolute Gasteiger partial charge is 0.494 e. The van der Waals surface area contributed by atoms with Crippen LogP contribution < -0.4 is 14.2 Å². The van der Waals surface area contributed by atoms with Gasteiger partial charge in [0.15, 0.2) is 0 Å². The number of ether oxygens (including phenoxy) is 3. The van der Waals surface area contributed by atoms with E-state index in [-0.39, 0.29) is 0 Å². The molecule has 0 N–H and O–H groups in total. The maximum Gasteiger partial charge on any atom is 0.134 e. The first-order valence-electron chi connectivity index (χ1n) is 6.99. The quantitative estimate of drug-likeness (QED) is 0.711. The summed E-state index contributed by atoms with van der Waals surface area (Å²) in [6.45, 7) is 5.27. The van der Waals surface area contributed by atoms with Gasteiger partial charge in [0.1, 0.15) is 23.0 Å². The molecule has 0 saturated carbocycles. The maximum atomic E-state index is 5.99. The van der Waals surface area contributed by atoms with Crippen LogP contribution in [0.15, 0.2) is 36.4 Å². The van der Waals surface area contributed by atoms with Crippen LogP contribution in [0.4, 0.5) is 0 Å². The Labute approximate surface area is 119 Å². The molecule has 0 bridgehead atoms. The van der Waals surface area contributed by atoms with E-state index in [0.29, 0.717) is 13.2 Å². The summed E-state index contributed by atoms with van der Waals surface area (Å²) in [4.78, 5) is 0. The molecule has 0 amide bonds. The van der Waals surface area contributed by atoms with Crippen LogP contribution in [0.25, 0.3) is 0 Å². The molecule has 2 aromatic carbocycles. The van der Waals surface area contributed by atoms with E-state index in [2.05, 4.69) is 12.1 Å². The van der Waals surface area contributed by atoms with Crippen LogP contribution in [-0.4, -0.2) is 13.2 Å². The van der Waals surface area contributed by atoms with E-state index < -0.39 is 0 Å². The molecule has 1 aliphatic rings. The van der Waals surface area contributed by atoms with Crippen molar-refractivity contribution in [2.75, 3.05) is 13.2 Å². The van der Waals surface area contributed by atoms with Gasteiger partial charge in [-0.1, -0.05) is 12.1 Å². The molecule has 0 aromatic heterocycles. The van der Waals surface area contributed by atoms with Crippen LogP contribution in [0.1, 0.15) is 25.0 Å². The highest BCUT2D eigenvalue weighted by Gasteiger charge is 2.18. The van der Waals surface area contributed by atoms with Gasteiger partial charge in [-0.05, 0) is 37.1 Å². The smallest absolute Gasteiger partial charge is 0.134 e. The molecule has 0 spiro atoms. The minimum atomic E-state index is 0.657. The Morgan fingerprint density at radius 2 is 1.35 bits per heavy atom. The summed E-state index contributed by atoms with van der Waals surface area (Å²) in [7, 11) is 0. The molecule has 1 aliphatic heterocycles. The van der Waals surface area contributed by atoms with Gasteiger partial charge in [0, 0.05) is 18.6 Å². The van der Waals surface area contributed by atoms with Crippen molar-refractivity contribution in [3.63, 3.8) is 0 Å². The average molecular weight is 270 g/mol. The number of rotatable bonds is 4. The Hall–Kier alpha value is -2.16. The summed E-state index contributed by atoms with van der Waals surface area (Å²) in [6.07, 6.45) is 0.878. The molecule has 0 unspecified atom stereocenters. The standard InChI is InChI=1S/C17H18O3/c1-3-18-14-7-5-12-9-13-6-8-15(19-4-2)11-17(13)20-16(12)10-14/h5-8,10-11H,3-4,9H2,1-2H3. The van der Waals surface area contributed by atoms with Crippen molar-refractivity contribution in [1.82, 2.24) is 0 Å². The summed E-state index contributed by atoms with van der Waals surface area (Å²) in [5, 5.41) is 0. The second-order valence-corrected chi connectivity index (χ2v) is 4.68. The van der Waals surface area contributed by atoms with Gasteiger partial charge < -0.3 is 14.2 Å². The third-order valence-corrected chi connectivity index (χ3v) is 3.30. The second kappa shape index (κ2) is 5.45. The molecular formula is C17H18O3. The van der Waals surface area contributed by atoms with E-state index in [1.807, 2.05) is 38.1 Å². The van der Waals surface area contributed by atoms with E-state index in [1.54, 1.807) is 0 Å². The third-order valence-electron chi connectivity index (χ3n) is 3.30. The van der Waals surface area contributed by atoms with Crippen molar-refractivity contribution in [1.29, 1.82) is 0 Å². The molecule has 20 heavy (non-hydrogen) atoms. The first-order valence-corrected chi connectivity index (χ1v) is 6.99. The molecule has 3 heteroatoms. The summed E-state index contributed by atoms with van der Waals surface area (Å²) in [6, 6.07) is 12.0. The number of benzene rings is 2. The molecule has 0 radical (unpaired) electrons. The lowest BCUT2D eigenvalue weighted by Crippen LogP contribution is -2.04. The first kappa shape index (κ1) is 12.9. The van der Waals surface area contributed by atoms with E-state index in [9.17, 15) is 0 Å². The topological polar surface area (TPSA) is 27.7 Å². The SMILES string of the molecule is CCOc1ccc2c(c1)Oc1cc(OCC)ccc1C2. The highest BCUT2D eigenvalue weighted by Crippen LogP contribution is 2.39. The third kappa shape index (κ3) is 2.44. The van der Waals surface area contributed by atoms with Crippen LogP contribution in [-0.2, 0) is 6.42 Å². The number of hydrogen-bond donors (Lipinski definition) is 0. The summed E-state index contributed by atoms with van der Waals surface area (Å²) in [5.74, 6) is 3.43. The van der Waals surface area contributed by atoms with E-state index in [1.165, 1.54) is 11.1 Å². The zero-order valence-electron chi connectivity index (χ0n) is 11.8. The zero-order valence-corrected chi connectivity index (χ0v) is 11.8. The average Bonchev–Trinajstić information content (AvgIpc) is 2.46. The number of hydrogen-bond acceptors (Lipinski definition) is 3. The summed E-state index contributed by atoms with van der Waals surface area (Å²) >= 11 is 0. The van der Waals surface area contributed by atoms with Crippen molar-refractivity contribution in [3.05, 3.63) is 47.5 Å². The highest BCUT2D eigenvalue weighted by atomic mass is 16.5. The molecule has 104 valence electrons. The lowest BCUT2D eigenvalue weighted by molar-refractivity contribution is 0.334. The van der Waals surface area contributed by atoms with Crippen LogP contribution in [0, 0.1) is 0 Å². The monoisotopic (exact) mass is 270 g/mol. The Bertz CT molecular complexity index is 566. The minimum Gasteiger partial charge on any atom is -0.494 e. The van der Waals surface area contributed by atoms with Crippen molar-refractivity contribution in [2.24, 2.45) is 0 Å². The second-order valence-electron chi connectivity index (χ2n) is 4.68. The molecule has 3 nitrogen and oxygen atoms in total. The van der Waals surface area contributed by atoms with Gasteiger partial charge in [-0.25, -0.2) is 0 Å². The van der Waals surface area contributed by atoms with Crippen LogP contribution in [0.3, 0.4) is 0 Å². The highest BCUT2D eigenvalue weighted by molar-refractivity contribution is 5.53. The fraction of sp³-hybridized carbons (Fsp3) is 0.294. The van der Waals surface area contributed by atoms with Crippen LogP contribution in [0.5, 0.6) is 23.0 Å². The van der Waals surface area contributed by atoms with Gasteiger partial charge >= 0.3 is 0 Å². The van der Waals surface area contributed by atoms with Crippen molar-refractivity contribution < 1.29 is 14.2 Å². The predicted octanol–water partition coefficient (Wildman–Crippen LogP) is 4.18. The fourth-order valence-corrected chi connectivity index (χ4v) is 2.39. The molecule has 1 heterocycles. The first-order chi connectivity index (χ1) is 9.80. The molecule has 0 fully saturated rings. The maximum absolute atomic E-state index is 5.99. The fourth-order valence-electron chi connectivity index (χ4n) is 2.39. The van der Waals surface area contributed by atoms with Crippen molar-refractivity contribution >= 4 is 0 Å². The molecular weight excluding hydrogens is 252 g/mol. The normalized spacial score (nSPS) is 12.1. The van der Waals surface area contributed by atoms with E-state index in [4.69, 9.17) is 14.2 Å². The van der Waals surface area contributed by atoms with Gasteiger partial charge in [-0.15, -0.1) is 0 Å². The van der Waals surface area contributed by atoms with Gasteiger partial charge in [-0.2, -0.15) is 0 Å². The van der Waals surface area contributed by atoms with Crippen LogP contribution >= 0.6 is 0 Å². The number of fused-ring (bicyclic) bond motifs is 2. The van der Waals surface area contributed by atoms with Crippen molar-refractivity contribution in [2.45, 2.75) is 20.3 Å². The summed E-state index contributed by atoms with van der Waals surface area (Å²) in [5.41, 5.74) is 2.37. The van der Waals surface area contributed by atoms with E-state index in [0.717, 1.165) is 29.4 Å². The van der Waals surface area contributed by atoms with Gasteiger partial charge in [0.25, 0.3) is 0 Å².